The molecule has 2 rings (SSSR count). The summed E-state index contributed by atoms with van der Waals surface area (Å²) in [6.45, 7) is 6.81. The molecule has 5 heteroatoms. The van der Waals surface area contributed by atoms with Crippen molar-refractivity contribution >= 4 is 5.97 Å². The van der Waals surface area contributed by atoms with Crippen LogP contribution >= 0.6 is 0 Å². The number of nitrogens with two attached hydrogens (primary N) is 1. The lowest BCUT2D eigenvalue weighted by Crippen LogP contribution is -2.39. The second kappa shape index (κ2) is 8.02. The van der Waals surface area contributed by atoms with Crippen LogP contribution in [0.3, 0.4) is 0 Å². The lowest BCUT2D eigenvalue weighted by atomic mass is 9.93. The Labute approximate surface area is 138 Å². The number of ether oxygens (including phenoxy) is 1. The third kappa shape index (κ3) is 4.26. The van der Waals surface area contributed by atoms with E-state index < -0.39 is 0 Å². The van der Waals surface area contributed by atoms with E-state index in [4.69, 9.17) is 10.6 Å². The topological polar surface area (TPSA) is 67.6 Å². The number of esters is 1. The zero-order valence-electron chi connectivity index (χ0n) is 14.2. The lowest BCUT2D eigenvalue weighted by molar-refractivity contribution is -0.138. The maximum atomic E-state index is 12.1. The molecule has 0 aromatic heterocycles. The molecule has 1 aromatic carbocycles. The minimum absolute atomic E-state index is 0.133. The Morgan fingerprint density at radius 2 is 2.04 bits per heavy atom. The van der Waals surface area contributed by atoms with Crippen molar-refractivity contribution in [2.75, 3.05) is 13.2 Å². The fraction of sp³-hybridized carbons (Fsp3) is 0.500. The molecule has 0 bridgehead atoms. The highest BCUT2D eigenvalue weighted by Crippen LogP contribution is 2.29. The lowest BCUT2D eigenvalue weighted by Gasteiger charge is -2.25. The van der Waals surface area contributed by atoms with Crippen LogP contribution in [0.4, 0.5) is 0 Å². The van der Waals surface area contributed by atoms with Gasteiger partial charge >= 0.3 is 5.97 Å². The van der Waals surface area contributed by atoms with Crippen LogP contribution in [0.15, 0.2) is 41.7 Å². The summed E-state index contributed by atoms with van der Waals surface area (Å²) in [6.07, 6.45) is 2.03. The smallest absolute Gasteiger partial charge is 0.337 e. The molecule has 2 atom stereocenters. The fourth-order valence-electron chi connectivity index (χ4n) is 2.94. The van der Waals surface area contributed by atoms with Crippen molar-refractivity contribution in [3.8, 4) is 0 Å². The van der Waals surface area contributed by atoms with Gasteiger partial charge in [0.1, 0.15) is 5.82 Å². The van der Waals surface area contributed by atoms with Crippen molar-refractivity contribution < 1.29 is 9.53 Å². The molecule has 3 N–H and O–H groups in total. The molecule has 1 aromatic rings. The van der Waals surface area contributed by atoms with Gasteiger partial charge in [-0.25, -0.2) is 10.6 Å². The fourth-order valence-corrected chi connectivity index (χ4v) is 2.94. The Morgan fingerprint density at radius 3 is 2.65 bits per heavy atom. The summed E-state index contributed by atoms with van der Waals surface area (Å²) in [5.41, 5.74) is 1.72. The first kappa shape index (κ1) is 17.3. The van der Waals surface area contributed by atoms with E-state index in [1.807, 2.05) is 18.2 Å². The van der Waals surface area contributed by atoms with Crippen LogP contribution in [-0.4, -0.2) is 24.1 Å². The van der Waals surface area contributed by atoms with Gasteiger partial charge in [-0.15, -0.1) is 0 Å². The number of hydrogen-bond donors (Lipinski definition) is 2. The molecule has 0 spiro atoms. The van der Waals surface area contributed by atoms with Gasteiger partial charge in [-0.3, -0.25) is 5.01 Å². The van der Waals surface area contributed by atoms with Crippen LogP contribution in [0.2, 0.25) is 0 Å². The maximum Gasteiger partial charge on any atom is 0.337 e. The number of nitrogens with one attached hydrogen (secondary N) is 1. The van der Waals surface area contributed by atoms with Gasteiger partial charge in [0.15, 0.2) is 0 Å². The van der Waals surface area contributed by atoms with E-state index in [0.29, 0.717) is 23.9 Å². The van der Waals surface area contributed by atoms with Gasteiger partial charge in [0.05, 0.1) is 18.2 Å². The highest BCUT2D eigenvalue weighted by molar-refractivity contribution is 5.88. The summed E-state index contributed by atoms with van der Waals surface area (Å²) >= 11 is 0. The standard InChI is InChI=1S/C18H27N3O2/c1-4-14-11-16(15-9-7-6-8-10-15)20-17(21(19)12-14)13(3)18(22)23-5-2/h6-10,14,16,20H,4-5,11-12,19H2,1-3H3/b17-13+. The molecule has 0 saturated carbocycles. The number of hydrazine groups is 1. The summed E-state index contributed by atoms with van der Waals surface area (Å²) < 4.78 is 5.12. The number of carbonyl (C=O) groups excluding carboxylic acids is 1. The molecule has 5 nitrogen and oxygen atoms in total. The van der Waals surface area contributed by atoms with Crippen molar-refractivity contribution in [2.24, 2.45) is 11.8 Å². The minimum Gasteiger partial charge on any atom is -0.463 e. The van der Waals surface area contributed by atoms with Crippen LogP contribution in [0.25, 0.3) is 0 Å². The van der Waals surface area contributed by atoms with Gasteiger partial charge in [-0.05, 0) is 31.7 Å². The molecule has 1 saturated heterocycles. The molecule has 0 amide bonds. The van der Waals surface area contributed by atoms with Crippen LogP contribution in [-0.2, 0) is 9.53 Å². The van der Waals surface area contributed by atoms with Crippen molar-refractivity contribution in [3.05, 3.63) is 47.3 Å². The largest absolute Gasteiger partial charge is 0.463 e. The van der Waals surface area contributed by atoms with Crippen LogP contribution in [0.5, 0.6) is 0 Å². The molecule has 23 heavy (non-hydrogen) atoms. The molecule has 1 aliphatic rings. The molecule has 1 fully saturated rings. The second-order valence-electron chi connectivity index (χ2n) is 5.96. The first-order chi connectivity index (χ1) is 11.1. The molecule has 0 aliphatic carbocycles. The average Bonchev–Trinajstić information content (AvgIpc) is 2.74. The zero-order chi connectivity index (χ0) is 16.8. The van der Waals surface area contributed by atoms with Crippen LogP contribution in [0, 0.1) is 5.92 Å². The Balaban J connectivity index is 2.34. The van der Waals surface area contributed by atoms with Crippen molar-refractivity contribution in [1.82, 2.24) is 10.3 Å². The number of nitrogens with zero attached hydrogens (tertiary/aromatic N) is 1. The summed E-state index contributed by atoms with van der Waals surface area (Å²) in [5, 5.41) is 5.12. The van der Waals surface area contributed by atoms with Gasteiger partial charge in [-0.2, -0.15) is 0 Å². The third-order valence-corrected chi connectivity index (χ3v) is 4.34. The first-order valence-corrected chi connectivity index (χ1v) is 8.28. The van der Waals surface area contributed by atoms with Gasteiger partial charge in [-0.1, -0.05) is 43.7 Å². The predicted molar refractivity (Wildman–Crippen MR) is 90.9 cm³/mol. The third-order valence-electron chi connectivity index (χ3n) is 4.34. The molecule has 1 heterocycles. The van der Waals surface area contributed by atoms with E-state index in [-0.39, 0.29) is 12.0 Å². The quantitative estimate of drug-likeness (QED) is 0.508. The Kier molecular flexibility index (Phi) is 6.04. The summed E-state index contributed by atoms with van der Waals surface area (Å²) in [6, 6.07) is 10.4. The molecular formula is C18H27N3O2. The van der Waals surface area contributed by atoms with Crippen LogP contribution in [0.1, 0.15) is 45.2 Å². The molecule has 0 radical (unpaired) electrons. The van der Waals surface area contributed by atoms with E-state index in [1.54, 1.807) is 18.9 Å². The molecular weight excluding hydrogens is 290 g/mol. The number of rotatable bonds is 4. The van der Waals surface area contributed by atoms with Gasteiger partial charge in [0.2, 0.25) is 0 Å². The van der Waals surface area contributed by atoms with Gasteiger partial charge in [0, 0.05) is 6.54 Å². The van der Waals surface area contributed by atoms with Crippen molar-refractivity contribution in [2.45, 2.75) is 39.7 Å². The van der Waals surface area contributed by atoms with E-state index in [9.17, 15) is 4.79 Å². The number of carbonyl (C=O) groups is 1. The van der Waals surface area contributed by atoms with Gasteiger partial charge < -0.3 is 10.1 Å². The molecule has 2 unspecified atom stereocenters. The van der Waals surface area contributed by atoms with E-state index in [1.165, 1.54) is 5.56 Å². The van der Waals surface area contributed by atoms with E-state index in [0.717, 1.165) is 19.4 Å². The maximum absolute atomic E-state index is 12.1. The van der Waals surface area contributed by atoms with E-state index >= 15 is 0 Å². The number of benzene rings is 1. The molecule has 1 aliphatic heterocycles. The summed E-state index contributed by atoms with van der Waals surface area (Å²) in [4.78, 5) is 12.1. The summed E-state index contributed by atoms with van der Waals surface area (Å²) in [5.74, 6) is 7.02. The van der Waals surface area contributed by atoms with Crippen molar-refractivity contribution in [1.29, 1.82) is 0 Å². The molecule has 126 valence electrons. The highest BCUT2D eigenvalue weighted by atomic mass is 16.5. The van der Waals surface area contributed by atoms with Crippen molar-refractivity contribution in [3.63, 3.8) is 0 Å². The Morgan fingerprint density at radius 1 is 1.35 bits per heavy atom. The Hall–Kier alpha value is -2.01. The van der Waals surface area contributed by atoms with Crippen LogP contribution < -0.4 is 11.2 Å². The predicted octanol–water partition coefficient (Wildman–Crippen LogP) is 2.72. The highest BCUT2D eigenvalue weighted by Gasteiger charge is 2.28. The number of hydrogen-bond acceptors (Lipinski definition) is 5. The van der Waals surface area contributed by atoms with Gasteiger partial charge in [0.25, 0.3) is 0 Å². The summed E-state index contributed by atoms with van der Waals surface area (Å²) in [7, 11) is 0. The SMILES string of the molecule is CCOC(=O)/C(C)=C1\NC(c2ccccc2)CC(CC)CN1N. The Bertz CT molecular complexity index is 557. The first-order valence-electron chi connectivity index (χ1n) is 8.28. The second-order valence-corrected chi connectivity index (χ2v) is 5.96. The normalized spacial score (nSPS) is 23.7. The zero-order valence-corrected chi connectivity index (χ0v) is 14.2. The van der Waals surface area contributed by atoms with E-state index in [2.05, 4.69) is 24.4 Å². The average molecular weight is 317 g/mol. The minimum atomic E-state index is -0.327. The monoisotopic (exact) mass is 317 g/mol.